The van der Waals surface area contributed by atoms with Gasteiger partial charge < -0.3 is 0 Å². The topological polar surface area (TPSA) is 75.6 Å². The van der Waals surface area contributed by atoms with Crippen LogP contribution in [0.2, 0.25) is 0 Å². The molecule has 0 bridgehead atoms. The summed E-state index contributed by atoms with van der Waals surface area (Å²) in [5, 5.41) is 0. The molecule has 0 radical (unpaired) electrons. The molecule has 1 aromatic carbocycles. The molecule has 0 aliphatic carbocycles. The largest absolute Gasteiger partial charge is 0.242 e. The summed E-state index contributed by atoms with van der Waals surface area (Å²) in [6, 6.07) is 5.98. The lowest BCUT2D eigenvalue weighted by Crippen LogP contribution is -2.23. The van der Waals surface area contributed by atoms with E-state index in [-0.39, 0.29) is 17.1 Å². The Morgan fingerprint density at radius 3 is 2.67 bits per heavy atom. The van der Waals surface area contributed by atoms with Crippen molar-refractivity contribution in [1.82, 2.24) is 4.72 Å². The van der Waals surface area contributed by atoms with Crippen LogP contribution in [0.3, 0.4) is 0 Å². The second-order valence-corrected chi connectivity index (χ2v) is 4.41. The second kappa shape index (κ2) is 4.84. The van der Waals surface area contributed by atoms with Crippen molar-refractivity contribution in [3.63, 3.8) is 0 Å². The predicted molar refractivity (Wildman–Crippen MR) is 55.1 cm³/mol. The van der Waals surface area contributed by atoms with Crippen LogP contribution in [0.1, 0.15) is 6.92 Å². The molecule has 1 N–H and O–H groups in total. The van der Waals surface area contributed by atoms with Gasteiger partial charge in [0, 0.05) is 6.54 Å². The summed E-state index contributed by atoms with van der Waals surface area (Å²) in [6.07, 6.45) is 1.32. The lowest BCUT2D eigenvalue weighted by Gasteiger charge is -2.05. The van der Waals surface area contributed by atoms with Crippen LogP contribution in [0, 0.1) is 0 Å². The molecule has 0 aliphatic rings. The number of benzene rings is 1. The third kappa shape index (κ3) is 2.73. The van der Waals surface area contributed by atoms with Gasteiger partial charge in [-0.1, -0.05) is 19.1 Å². The normalized spacial score (nSPS) is 10.7. The first-order valence-corrected chi connectivity index (χ1v) is 5.76. The zero-order valence-corrected chi connectivity index (χ0v) is 8.91. The maximum absolute atomic E-state index is 11.6. The Kier molecular flexibility index (Phi) is 3.74. The Hall–Kier alpha value is -1.49. The highest BCUT2D eigenvalue weighted by molar-refractivity contribution is 7.89. The van der Waals surface area contributed by atoms with Gasteiger partial charge in [-0.25, -0.2) is 17.9 Å². The standard InChI is InChI=1S/C9H10N2O3S/c1-2-11-15(13,14)9-6-4-3-5-8(9)10-7-12/h3-6,11H,2H2,1H3. The summed E-state index contributed by atoms with van der Waals surface area (Å²) < 4.78 is 25.6. The summed E-state index contributed by atoms with van der Waals surface area (Å²) in [5.41, 5.74) is 0.0912. The molecule has 0 fully saturated rings. The number of nitrogens with one attached hydrogen (secondary N) is 1. The monoisotopic (exact) mass is 226 g/mol. The van der Waals surface area contributed by atoms with Crippen molar-refractivity contribution in [3.05, 3.63) is 24.3 Å². The van der Waals surface area contributed by atoms with Crippen LogP contribution >= 0.6 is 0 Å². The molecule has 0 aromatic heterocycles. The van der Waals surface area contributed by atoms with Gasteiger partial charge in [-0.05, 0) is 12.1 Å². The Bertz CT molecular complexity index is 490. The zero-order chi connectivity index (χ0) is 11.3. The molecule has 0 unspecified atom stereocenters. The van der Waals surface area contributed by atoms with E-state index in [1.807, 2.05) is 0 Å². The van der Waals surface area contributed by atoms with Crippen LogP contribution in [0.4, 0.5) is 5.69 Å². The van der Waals surface area contributed by atoms with E-state index in [0.717, 1.165) is 0 Å². The third-order valence-corrected chi connectivity index (χ3v) is 3.25. The number of carbonyl (C=O) groups excluding carboxylic acids is 1. The van der Waals surface area contributed by atoms with Crippen molar-refractivity contribution >= 4 is 21.8 Å². The Morgan fingerprint density at radius 1 is 1.40 bits per heavy atom. The number of para-hydroxylation sites is 1. The van der Waals surface area contributed by atoms with Gasteiger partial charge in [0.15, 0.2) is 0 Å². The van der Waals surface area contributed by atoms with E-state index < -0.39 is 10.0 Å². The van der Waals surface area contributed by atoms with Gasteiger partial charge in [0.1, 0.15) is 4.90 Å². The summed E-state index contributed by atoms with van der Waals surface area (Å²) in [7, 11) is -3.59. The first kappa shape index (κ1) is 11.6. The van der Waals surface area contributed by atoms with Crippen LogP contribution in [-0.2, 0) is 14.8 Å². The van der Waals surface area contributed by atoms with Crippen LogP contribution < -0.4 is 4.72 Å². The Labute approximate surface area is 87.9 Å². The summed E-state index contributed by atoms with van der Waals surface area (Å²) in [6.45, 7) is 1.95. The smallest absolute Gasteiger partial charge is 0.211 e. The zero-order valence-electron chi connectivity index (χ0n) is 8.10. The van der Waals surface area contributed by atoms with Crippen molar-refractivity contribution < 1.29 is 13.2 Å². The molecular formula is C9H10N2O3S. The van der Waals surface area contributed by atoms with E-state index in [2.05, 4.69) is 9.71 Å². The number of rotatable bonds is 4. The molecule has 0 amide bonds. The average molecular weight is 226 g/mol. The van der Waals surface area contributed by atoms with Crippen molar-refractivity contribution in [2.75, 3.05) is 6.54 Å². The van der Waals surface area contributed by atoms with Gasteiger partial charge in [-0.3, -0.25) is 0 Å². The fourth-order valence-electron chi connectivity index (χ4n) is 1.09. The third-order valence-electron chi connectivity index (χ3n) is 1.66. The van der Waals surface area contributed by atoms with Gasteiger partial charge in [0.2, 0.25) is 16.1 Å². The molecule has 5 nitrogen and oxygen atoms in total. The first-order valence-electron chi connectivity index (χ1n) is 4.28. The maximum Gasteiger partial charge on any atom is 0.242 e. The van der Waals surface area contributed by atoms with Gasteiger partial charge in [-0.2, -0.15) is 4.99 Å². The molecule has 6 heteroatoms. The van der Waals surface area contributed by atoms with E-state index in [1.165, 1.54) is 18.2 Å². The number of isocyanates is 1. The maximum atomic E-state index is 11.6. The average Bonchev–Trinajstić information content (AvgIpc) is 2.19. The molecule has 15 heavy (non-hydrogen) atoms. The number of sulfonamides is 1. The highest BCUT2D eigenvalue weighted by Gasteiger charge is 2.16. The Balaban J connectivity index is 3.30. The van der Waals surface area contributed by atoms with Gasteiger partial charge in [0.05, 0.1) is 5.69 Å². The van der Waals surface area contributed by atoms with Crippen LogP contribution in [-0.4, -0.2) is 21.0 Å². The molecule has 80 valence electrons. The molecule has 0 saturated carbocycles. The van der Waals surface area contributed by atoms with Gasteiger partial charge >= 0.3 is 0 Å². The molecule has 0 aliphatic heterocycles. The van der Waals surface area contributed by atoms with Crippen molar-refractivity contribution in [1.29, 1.82) is 0 Å². The van der Waals surface area contributed by atoms with E-state index >= 15 is 0 Å². The molecular weight excluding hydrogens is 216 g/mol. The fourth-order valence-corrected chi connectivity index (χ4v) is 2.28. The van der Waals surface area contributed by atoms with Gasteiger partial charge in [-0.15, -0.1) is 0 Å². The fraction of sp³-hybridized carbons (Fsp3) is 0.222. The van der Waals surface area contributed by atoms with Crippen molar-refractivity contribution in [2.45, 2.75) is 11.8 Å². The molecule has 0 spiro atoms. The molecule has 0 heterocycles. The number of nitrogens with zero attached hydrogens (tertiary/aromatic N) is 1. The molecule has 0 atom stereocenters. The summed E-state index contributed by atoms with van der Waals surface area (Å²) in [4.78, 5) is 13.4. The van der Waals surface area contributed by atoms with Crippen LogP contribution in [0.25, 0.3) is 0 Å². The predicted octanol–water partition coefficient (Wildman–Crippen LogP) is 0.952. The number of hydrogen-bond acceptors (Lipinski definition) is 4. The quantitative estimate of drug-likeness (QED) is 0.613. The lowest BCUT2D eigenvalue weighted by atomic mass is 10.3. The van der Waals surface area contributed by atoms with E-state index in [0.29, 0.717) is 0 Å². The van der Waals surface area contributed by atoms with Crippen LogP contribution in [0.15, 0.2) is 34.2 Å². The molecule has 1 aromatic rings. The Morgan fingerprint density at radius 2 is 2.07 bits per heavy atom. The minimum atomic E-state index is -3.59. The minimum absolute atomic E-state index is 0.0183. The molecule has 1 rings (SSSR count). The highest BCUT2D eigenvalue weighted by atomic mass is 32.2. The van der Waals surface area contributed by atoms with Crippen molar-refractivity contribution in [3.8, 4) is 0 Å². The second-order valence-electron chi connectivity index (χ2n) is 2.67. The summed E-state index contributed by atoms with van der Waals surface area (Å²) >= 11 is 0. The minimum Gasteiger partial charge on any atom is -0.211 e. The summed E-state index contributed by atoms with van der Waals surface area (Å²) in [5.74, 6) is 0. The SMILES string of the molecule is CCNS(=O)(=O)c1ccccc1N=C=O. The van der Waals surface area contributed by atoms with Crippen LogP contribution in [0.5, 0.6) is 0 Å². The van der Waals surface area contributed by atoms with Gasteiger partial charge in [0.25, 0.3) is 0 Å². The highest BCUT2D eigenvalue weighted by Crippen LogP contribution is 2.22. The van der Waals surface area contributed by atoms with E-state index in [1.54, 1.807) is 19.1 Å². The van der Waals surface area contributed by atoms with E-state index in [4.69, 9.17) is 0 Å². The number of hydrogen-bond donors (Lipinski definition) is 1. The number of aliphatic imine (C=N–C) groups is 1. The first-order chi connectivity index (χ1) is 7.11. The molecule has 0 saturated heterocycles. The lowest BCUT2D eigenvalue weighted by molar-refractivity contribution is 0.565. The van der Waals surface area contributed by atoms with Crippen molar-refractivity contribution in [2.24, 2.45) is 4.99 Å². The van der Waals surface area contributed by atoms with E-state index in [9.17, 15) is 13.2 Å².